The van der Waals surface area contributed by atoms with Crippen LogP contribution in [-0.4, -0.2) is 78.5 Å². The minimum absolute atomic E-state index is 0.122. The Morgan fingerprint density at radius 1 is 1.13 bits per heavy atom. The van der Waals surface area contributed by atoms with Gasteiger partial charge in [0.15, 0.2) is 24.1 Å². The number of methoxy groups -OCH3 is 1. The van der Waals surface area contributed by atoms with E-state index >= 15 is 0 Å². The highest BCUT2D eigenvalue weighted by Gasteiger charge is 2.42. The van der Waals surface area contributed by atoms with E-state index in [0.717, 1.165) is 11.8 Å². The average Bonchev–Trinajstić information content (AvgIpc) is 3.21. The molecule has 4 rings (SSSR count). The number of ether oxygens (including phenoxy) is 4. The van der Waals surface area contributed by atoms with Gasteiger partial charge in [0, 0.05) is 13.1 Å². The van der Waals surface area contributed by atoms with Crippen LogP contribution in [0.3, 0.4) is 0 Å². The molecule has 0 spiro atoms. The molecule has 0 aromatic heterocycles. The molecule has 1 atom stereocenters. The van der Waals surface area contributed by atoms with Crippen molar-refractivity contribution in [2.75, 3.05) is 46.6 Å². The number of esters is 1. The maximum Gasteiger partial charge on any atom is 0.333 e. The Labute approximate surface area is 230 Å². The minimum atomic E-state index is -0.983. The Balaban J connectivity index is 1.51. The van der Waals surface area contributed by atoms with Crippen LogP contribution in [0, 0.1) is 0 Å². The van der Waals surface area contributed by atoms with Gasteiger partial charge in [-0.3, -0.25) is 14.5 Å². The molecule has 0 saturated carbocycles. The molecule has 1 unspecified atom stereocenters. The van der Waals surface area contributed by atoms with Gasteiger partial charge in [-0.15, -0.1) is 0 Å². The lowest BCUT2D eigenvalue weighted by atomic mass is 10.1. The molecule has 2 aromatic carbocycles. The quantitative estimate of drug-likeness (QED) is 0.262. The zero-order valence-corrected chi connectivity index (χ0v) is 22.7. The molecule has 38 heavy (non-hydrogen) atoms. The minimum Gasteiger partial charge on any atom is -0.493 e. The average molecular weight is 557 g/mol. The van der Waals surface area contributed by atoms with Crippen molar-refractivity contribution in [2.45, 2.75) is 13.0 Å². The number of carbonyl (C=O) groups excluding carboxylic acids is 3. The molecular formula is C27H28N2O7S2. The van der Waals surface area contributed by atoms with Crippen molar-refractivity contribution in [1.82, 2.24) is 9.80 Å². The van der Waals surface area contributed by atoms with Gasteiger partial charge >= 0.3 is 5.97 Å². The van der Waals surface area contributed by atoms with Gasteiger partial charge < -0.3 is 23.8 Å². The molecule has 2 fully saturated rings. The molecule has 2 aromatic rings. The Bertz CT molecular complexity index is 1230. The Hall–Kier alpha value is -3.41. The summed E-state index contributed by atoms with van der Waals surface area (Å²) in [4.78, 5) is 42.1. The van der Waals surface area contributed by atoms with Crippen molar-refractivity contribution >= 4 is 52.2 Å². The molecule has 2 aliphatic heterocycles. The fourth-order valence-corrected chi connectivity index (χ4v) is 5.35. The zero-order chi connectivity index (χ0) is 27.1. The number of benzene rings is 2. The third-order valence-corrected chi connectivity index (χ3v) is 7.24. The molecule has 9 nitrogen and oxygen atoms in total. The topological polar surface area (TPSA) is 94.6 Å². The third-order valence-electron chi connectivity index (χ3n) is 5.91. The summed E-state index contributed by atoms with van der Waals surface area (Å²) in [6.07, 6.45) is 1.68. The number of nitrogens with zero attached hydrogens (tertiary/aromatic N) is 2. The summed E-state index contributed by atoms with van der Waals surface area (Å²) in [6, 6.07) is 13.1. The number of rotatable bonds is 9. The predicted octanol–water partition coefficient (Wildman–Crippen LogP) is 3.44. The third kappa shape index (κ3) is 6.35. The highest BCUT2D eigenvalue weighted by molar-refractivity contribution is 8.26. The smallest absolute Gasteiger partial charge is 0.333 e. The van der Waals surface area contributed by atoms with Crippen molar-refractivity contribution in [3.05, 3.63) is 64.6 Å². The summed E-state index contributed by atoms with van der Waals surface area (Å²) >= 11 is 6.62. The van der Waals surface area contributed by atoms with Crippen molar-refractivity contribution in [1.29, 1.82) is 0 Å². The van der Waals surface area contributed by atoms with Gasteiger partial charge in [0.2, 0.25) is 0 Å². The van der Waals surface area contributed by atoms with Crippen LogP contribution in [0.25, 0.3) is 6.08 Å². The number of hydrogen-bond donors (Lipinski definition) is 0. The molecule has 2 aliphatic rings. The Kier molecular flexibility index (Phi) is 9.38. The van der Waals surface area contributed by atoms with E-state index in [9.17, 15) is 14.4 Å². The highest BCUT2D eigenvalue weighted by atomic mass is 32.2. The molecule has 0 aliphatic carbocycles. The first kappa shape index (κ1) is 27.6. The van der Waals surface area contributed by atoms with E-state index in [-0.39, 0.29) is 23.4 Å². The van der Waals surface area contributed by atoms with E-state index in [4.69, 9.17) is 31.2 Å². The Morgan fingerprint density at radius 3 is 2.55 bits per heavy atom. The van der Waals surface area contributed by atoms with Crippen LogP contribution in [-0.2, 0) is 23.9 Å². The lowest BCUT2D eigenvalue weighted by Crippen LogP contribution is -2.43. The highest BCUT2D eigenvalue weighted by Crippen LogP contribution is 2.39. The fraction of sp³-hybridized carbons (Fsp3) is 0.333. The van der Waals surface area contributed by atoms with E-state index in [2.05, 4.69) is 0 Å². The standard InChI is InChI=1S/C27H28N2O7S2/c1-3-35-26(32)24(19-7-5-4-6-8-19)29-25(31)22(38-27(29)37)16-18-9-10-20(21(15-18)33-2)36-17-23(30)28-11-13-34-14-12-28/h4-10,15-16,24H,3,11-14,17H2,1-2H3/b22-16+. The summed E-state index contributed by atoms with van der Waals surface area (Å²) in [7, 11) is 1.50. The summed E-state index contributed by atoms with van der Waals surface area (Å²) in [6.45, 7) is 3.88. The lowest BCUT2D eigenvalue weighted by Gasteiger charge is -2.26. The van der Waals surface area contributed by atoms with Gasteiger partial charge in [-0.05, 0) is 36.3 Å². The van der Waals surface area contributed by atoms with Crippen LogP contribution < -0.4 is 9.47 Å². The van der Waals surface area contributed by atoms with Gasteiger partial charge in [-0.25, -0.2) is 4.79 Å². The summed E-state index contributed by atoms with van der Waals surface area (Å²) < 4.78 is 22.0. The first-order valence-corrected chi connectivity index (χ1v) is 13.3. The van der Waals surface area contributed by atoms with Crippen LogP contribution in [0.2, 0.25) is 0 Å². The maximum atomic E-state index is 13.4. The summed E-state index contributed by atoms with van der Waals surface area (Å²) in [5.41, 5.74) is 1.28. The second kappa shape index (κ2) is 12.9. The summed E-state index contributed by atoms with van der Waals surface area (Å²) in [5.74, 6) is -0.246. The molecule has 0 bridgehead atoms. The number of carbonyl (C=O) groups is 3. The van der Waals surface area contributed by atoms with E-state index < -0.39 is 17.9 Å². The van der Waals surface area contributed by atoms with E-state index in [1.807, 2.05) is 6.07 Å². The van der Waals surface area contributed by atoms with Gasteiger partial charge in [-0.2, -0.15) is 0 Å². The largest absolute Gasteiger partial charge is 0.493 e. The SMILES string of the molecule is CCOC(=O)C(c1ccccc1)N1C(=O)/C(=C\c2ccc(OCC(=O)N3CCOCC3)c(OC)c2)SC1=S. The number of thioether (sulfide) groups is 1. The molecule has 2 saturated heterocycles. The molecule has 200 valence electrons. The second-order valence-electron chi connectivity index (χ2n) is 8.31. The van der Waals surface area contributed by atoms with Gasteiger partial charge in [-0.1, -0.05) is 60.4 Å². The first-order valence-electron chi connectivity index (χ1n) is 12.1. The first-order chi connectivity index (χ1) is 18.4. The van der Waals surface area contributed by atoms with Crippen molar-refractivity contribution in [3.8, 4) is 11.5 Å². The van der Waals surface area contributed by atoms with Crippen molar-refractivity contribution in [3.63, 3.8) is 0 Å². The van der Waals surface area contributed by atoms with E-state index in [1.54, 1.807) is 60.4 Å². The molecule has 11 heteroatoms. The second-order valence-corrected chi connectivity index (χ2v) is 9.98. The molecule has 0 N–H and O–H groups in total. The van der Waals surface area contributed by atoms with Gasteiger partial charge in [0.25, 0.3) is 11.8 Å². The summed E-state index contributed by atoms with van der Waals surface area (Å²) in [5, 5.41) is 0. The monoisotopic (exact) mass is 556 g/mol. The number of amides is 2. The van der Waals surface area contributed by atoms with E-state index in [1.165, 1.54) is 12.0 Å². The number of hydrogen-bond acceptors (Lipinski definition) is 9. The van der Waals surface area contributed by atoms with Gasteiger partial charge in [0.05, 0.1) is 31.8 Å². The van der Waals surface area contributed by atoms with Crippen LogP contribution >= 0.6 is 24.0 Å². The van der Waals surface area contributed by atoms with Crippen molar-refractivity contribution < 1.29 is 33.3 Å². The van der Waals surface area contributed by atoms with Crippen molar-refractivity contribution in [2.24, 2.45) is 0 Å². The van der Waals surface area contributed by atoms with Gasteiger partial charge in [0.1, 0.15) is 4.32 Å². The van der Waals surface area contributed by atoms with Crippen LogP contribution in [0.15, 0.2) is 53.4 Å². The molecule has 0 radical (unpaired) electrons. The number of morpholine rings is 1. The molecule has 2 heterocycles. The van der Waals surface area contributed by atoms with Crippen LogP contribution in [0.5, 0.6) is 11.5 Å². The zero-order valence-electron chi connectivity index (χ0n) is 21.1. The molecular weight excluding hydrogens is 528 g/mol. The predicted molar refractivity (Wildman–Crippen MR) is 147 cm³/mol. The van der Waals surface area contributed by atoms with E-state index in [0.29, 0.717) is 53.8 Å². The Morgan fingerprint density at radius 2 is 1.87 bits per heavy atom. The normalized spacial score (nSPS) is 17.5. The van der Waals surface area contributed by atoms with Crippen LogP contribution in [0.4, 0.5) is 0 Å². The lowest BCUT2D eigenvalue weighted by molar-refractivity contribution is -0.151. The maximum absolute atomic E-state index is 13.4. The fourth-order valence-electron chi connectivity index (χ4n) is 4.04. The number of thiocarbonyl (C=S) groups is 1. The van der Waals surface area contributed by atoms with Crippen LogP contribution in [0.1, 0.15) is 24.1 Å². The molecule has 2 amide bonds.